The van der Waals surface area contributed by atoms with Crippen LogP contribution in [0.2, 0.25) is 0 Å². The first-order valence-corrected chi connectivity index (χ1v) is 5.79. The van der Waals surface area contributed by atoms with Crippen molar-refractivity contribution in [2.24, 2.45) is 7.05 Å². The molecule has 5 nitrogen and oxygen atoms in total. The summed E-state index contributed by atoms with van der Waals surface area (Å²) in [6, 6.07) is 7.47. The molecule has 0 aliphatic heterocycles. The summed E-state index contributed by atoms with van der Waals surface area (Å²) in [5.41, 5.74) is 1.67. The molecule has 2 aromatic rings. The van der Waals surface area contributed by atoms with Gasteiger partial charge < -0.3 is 9.88 Å². The molecule has 0 spiro atoms. The molecule has 1 aromatic heterocycles. The third kappa shape index (κ3) is 2.56. The molecule has 0 aliphatic carbocycles. The van der Waals surface area contributed by atoms with Gasteiger partial charge in [-0.15, -0.1) is 10.2 Å². The monoisotopic (exact) mass is 244 g/mol. The Morgan fingerprint density at radius 2 is 2.00 bits per heavy atom. The van der Waals surface area contributed by atoms with E-state index in [4.69, 9.17) is 0 Å². The van der Waals surface area contributed by atoms with Crippen LogP contribution in [-0.2, 0) is 7.05 Å². The van der Waals surface area contributed by atoms with Crippen LogP contribution in [-0.4, -0.2) is 20.5 Å². The lowest BCUT2D eigenvalue weighted by atomic mass is 10.1. The predicted octanol–water partition coefficient (Wildman–Crippen LogP) is 2.19. The molecule has 1 heterocycles. The third-order valence-electron chi connectivity index (χ3n) is 2.81. The van der Waals surface area contributed by atoms with Gasteiger partial charge in [-0.1, -0.05) is 0 Å². The van der Waals surface area contributed by atoms with Gasteiger partial charge in [0.25, 0.3) is 0 Å². The summed E-state index contributed by atoms with van der Waals surface area (Å²) in [7, 11) is 1.91. The highest BCUT2D eigenvalue weighted by molar-refractivity contribution is 5.94. The molecule has 0 saturated heterocycles. The molecule has 0 radical (unpaired) electrons. The zero-order valence-electron chi connectivity index (χ0n) is 10.7. The van der Waals surface area contributed by atoms with Crippen molar-refractivity contribution in [2.75, 3.05) is 5.32 Å². The van der Waals surface area contributed by atoms with Crippen molar-refractivity contribution in [3.8, 4) is 0 Å². The van der Waals surface area contributed by atoms with E-state index in [1.807, 2.05) is 42.8 Å². The minimum absolute atomic E-state index is 0.0562. The molecule has 5 heteroatoms. The van der Waals surface area contributed by atoms with Gasteiger partial charge in [-0.25, -0.2) is 0 Å². The van der Waals surface area contributed by atoms with Gasteiger partial charge in [0.2, 0.25) is 0 Å². The summed E-state index contributed by atoms with van der Waals surface area (Å²) in [5.74, 6) is 0.938. The Bertz CT molecular complexity index is 544. The smallest absolute Gasteiger partial charge is 0.159 e. The van der Waals surface area contributed by atoms with Crippen molar-refractivity contribution in [2.45, 2.75) is 19.9 Å². The molecule has 0 bridgehead atoms. The number of carbonyl (C=O) groups is 1. The number of hydrogen-bond donors (Lipinski definition) is 1. The van der Waals surface area contributed by atoms with Gasteiger partial charge in [-0.3, -0.25) is 4.79 Å². The molecule has 94 valence electrons. The number of hydrogen-bond acceptors (Lipinski definition) is 4. The first-order chi connectivity index (χ1) is 8.58. The van der Waals surface area contributed by atoms with E-state index >= 15 is 0 Å². The Balaban J connectivity index is 2.10. The normalized spacial score (nSPS) is 12.2. The fourth-order valence-electron chi connectivity index (χ4n) is 1.80. The van der Waals surface area contributed by atoms with Gasteiger partial charge in [0.15, 0.2) is 11.6 Å². The Kier molecular flexibility index (Phi) is 3.41. The summed E-state index contributed by atoms with van der Waals surface area (Å²) in [6.07, 6.45) is 1.67. The zero-order chi connectivity index (χ0) is 13.1. The number of Topliss-reactive ketones (excluding diaryl/α,β-unsaturated/α-hetero) is 1. The molecular formula is C13H16N4O. The van der Waals surface area contributed by atoms with Crippen LogP contribution >= 0.6 is 0 Å². The topological polar surface area (TPSA) is 59.8 Å². The third-order valence-corrected chi connectivity index (χ3v) is 2.81. The van der Waals surface area contributed by atoms with Crippen LogP contribution in [0.1, 0.15) is 36.1 Å². The minimum Gasteiger partial charge on any atom is -0.375 e. The minimum atomic E-state index is 0.0562. The second-order valence-corrected chi connectivity index (χ2v) is 4.30. The quantitative estimate of drug-likeness (QED) is 0.837. The Morgan fingerprint density at radius 1 is 1.33 bits per heavy atom. The van der Waals surface area contributed by atoms with E-state index in [1.165, 1.54) is 0 Å². The molecule has 0 amide bonds. The SMILES string of the molecule is CC(=O)c1ccc(NC(C)c2nncn2C)cc1. The maximum atomic E-state index is 11.2. The molecule has 1 atom stereocenters. The first kappa shape index (κ1) is 12.3. The fourth-order valence-corrected chi connectivity index (χ4v) is 1.80. The van der Waals surface area contributed by atoms with Crippen LogP contribution in [0.5, 0.6) is 0 Å². The van der Waals surface area contributed by atoms with Gasteiger partial charge >= 0.3 is 0 Å². The van der Waals surface area contributed by atoms with E-state index < -0.39 is 0 Å². The number of aromatic nitrogens is 3. The molecule has 18 heavy (non-hydrogen) atoms. The van der Waals surface area contributed by atoms with Crippen LogP contribution < -0.4 is 5.32 Å². The van der Waals surface area contributed by atoms with Crippen LogP contribution in [0, 0.1) is 0 Å². The highest BCUT2D eigenvalue weighted by Crippen LogP contribution is 2.17. The van der Waals surface area contributed by atoms with E-state index in [0.717, 1.165) is 11.5 Å². The maximum Gasteiger partial charge on any atom is 0.159 e. The molecule has 0 aliphatic rings. The average molecular weight is 244 g/mol. The molecule has 1 N–H and O–H groups in total. The summed E-state index contributed by atoms with van der Waals surface area (Å²) >= 11 is 0. The van der Waals surface area contributed by atoms with E-state index in [2.05, 4.69) is 15.5 Å². The highest BCUT2D eigenvalue weighted by atomic mass is 16.1. The lowest BCUT2D eigenvalue weighted by Crippen LogP contribution is -2.11. The largest absolute Gasteiger partial charge is 0.375 e. The van der Waals surface area contributed by atoms with E-state index in [0.29, 0.717) is 5.56 Å². The van der Waals surface area contributed by atoms with Crippen LogP contribution in [0.25, 0.3) is 0 Å². The standard InChI is InChI=1S/C13H16N4O/c1-9(13-16-14-8-17(13)3)15-12-6-4-11(5-7-12)10(2)18/h4-9,15H,1-3H3. The van der Waals surface area contributed by atoms with Gasteiger partial charge in [0.05, 0.1) is 6.04 Å². The molecule has 0 fully saturated rings. The van der Waals surface area contributed by atoms with Crippen LogP contribution in [0.3, 0.4) is 0 Å². The first-order valence-electron chi connectivity index (χ1n) is 5.79. The average Bonchev–Trinajstić information content (AvgIpc) is 2.76. The molecule has 1 unspecified atom stereocenters. The van der Waals surface area contributed by atoms with Crippen molar-refractivity contribution in [1.29, 1.82) is 0 Å². The second kappa shape index (κ2) is 5.00. The van der Waals surface area contributed by atoms with Crippen molar-refractivity contribution in [3.05, 3.63) is 42.0 Å². The van der Waals surface area contributed by atoms with E-state index in [9.17, 15) is 4.79 Å². The molecule has 0 saturated carbocycles. The number of rotatable bonds is 4. The lowest BCUT2D eigenvalue weighted by molar-refractivity contribution is 0.101. The zero-order valence-corrected chi connectivity index (χ0v) is 10.7. The second-order valence-electron chi connectivity index (χ2n) is 4.30. The van der Waals surface area contributed by atoms with Crippen molar-refractivity contribution in [3.63, 3.8) is 0 Å². The maximum absolute atomic E-state index is 11.2. The summed E-state index contributed by atoms with van der Waals surface area (Å²) in [5, 5.41) is 11.2. The van der Waals surface area contributed by atoms with Gasteiger partial charge in [0, 0.05) is 18.3 Å². The fraction of sp³-hybridized carbons (Fsp3) is 0.308. The van der Waals surface area contributed by atoms with Gasteiger partial charge in [-0.2, -0.15) is 0 Å². The Morgan fingerprint density at radius 3 is 2.50 bits per heavy atom. The lowest BCUT2D eigenvalue weighted by Gasteiger charge is -2.14. The molecule has 1 aromatic carbocycles. The summed E-state index contributed by atoms with van der Waals surface area (Å²) in [6.45, 7) is 3.58. The van der Waals surface area contributed by atoms with Crippen molar-refractivity contribution < 1.29 is 4.79 Å². The molecule has 2 rings (SSSR count). The van der Waals surface area contributed by atoms with Gasteiger partial charge in [0.1, 0.15) is 6.33 Å². The number of anilines is 1. The summed E-state index contributed by atoms with van der Waals surface area (Å²) < 4.78 is 1.88. The van der Waals surface area contributed by atoms with Gasteiger partial charge in [-0.05, 0) is 38.1 Å². The number of nitrogens with one attached hydrogen (secondary N) is 1. The predicted molar refractivity (Wildman–Crippen MR) is 69.5 cm³/mol. The number of ketones is 1. The Hall–Kier alpha value is -2.17. The number of benzene rings is 1. The number of aryl methyl sites for hydroxylation is 1. The van der Waals surface area contributed by atoms with Crippen molar-refractivity contribution in [1.82, 2.24) is 14.8 Å². The molecular weight excluding hydrogens is 228 g/mol. The van der Waals surface area contributed by atoms with Crippen LogP contribution in [0.15, 0.2) is 30.6 Å². The van der Waals surface area contributed by atoms with E-state index in [-0.39, 0.29) is 11.8 Å². The van der Waals surface area contributed by atoms with E-state index in [1.54, 1.807) is 13.3 Å². The Labute approximate surface area is 106 Å². The number of nitrogens with zero attached hydrogens (tertiary/aromatic N) is 3. The van der Waals surface area contributed by atoms with Crippen LogP contribution in [0.4, 0.5) is 5.69 Å². The summed E-state index contributed by atoms with van der Waals surface area (Å²) in [4.78, 5) is 11.2. The van der Waals surface area contributed by atoms with Crippen molar-refractivity contribution >= 4 is 11.5 Å². The number of carbonyl (C=O) groups excluding carboxylic acids is 1. The highest BCUT2D eigenvalue weighted by Gasteiger charge is 2.10.